The highest BCUT2D eigenvalue weighted by Crippen LogP contribution is 2.30. The van der Waals surface area contributed by atoms with Crippen LogP contribution in [0.15, 0.2) is 42.5 Å². The number of ether oxygens (including phenoxy) is 2. The lowest BCUT2D eigenvalue weighted by Crippen LogP contribution is -2.10. The van der Waals surface area contributed by atoms with Crippen LogP contribution in [0.1, 0.15) is 5.56 Å². The molecule has 0 heterocycles. The molecular weight excluding hydrogens is 282 g/mol. The van der Waals surface area contributed by atoms with Crippen LogP contribution in [0.4, 0.5) is 0 Å². The van der Waals surface area contributed by atoms with Crippen LogP contribution in [0, 0.1) is 0 Å². The van der Waals surface area contributed by atoms with Gasteiger partial charge < -0.3 is 15.2 Å². The van der Waals surface area contributed by atoms with Crippen LogP contribution < -0.4 is 15.2 Å². The predicted octanol–water partition coefficient (Wildman–Crippen LogP) is 3.78. The fraction of sp³-hybridized carbons (Fsp3) is 0.0714. The summed E-state index contributed by atoms with van der Waals surface area (Å²) in [5, 5.41) is 0.595. The molecule has 0 aliphatic carbocycles. The first-order chi connectivity index (χ1) is 9.10. The molecule has 19 heavy (non-hydrogen) atoms. The van der Waals surface area contributed by atoms with E-state index >= 15 is 0 Å². The van der Waals surface area contributed by atoms with E-state index in [1.165, 1.54) is 0 Å². The van der Waals surface area contributed by atoms with Crippen molar-refractivity contribution in [3.63, 3.8) is 0 Å². The van der Waals surface area contributed by atoms with Gasteiger partial charge in [-0.25, -0.2) is 0 Å². The van der Waals surface area contributed by atoms with E-state index in [0.717, 1.165) is 0 Å². The van der Waals surface area contributed by atoms with E-state index in [1.807, 2.05) is 0 Å². The summed E-state index contributed by atoms with van der Waals surface area (Å²) >= 11 is 10.9. The summed E-state index contributed by atoms with van der Waals surface area (Å²) in [6, 6.07) is 12.4. The summed E-state index contributed by atoms with van der Waals surface area (Å²) in [5.74, 6) is 1.81. The second kappa shape index (κ2) is 5.91. The molecule has 0 saturated heterocycles. The van der Waals surface area contributed by atoms with Gasteiger partial charge in [0.2, 0.25) is 0 Å². The Morgan fingerprint density at radius 3 is 2.58 bits per heavy atom. The van der Waals surface area contributed by atoms with Crippen LogP contribution in [0.25, 0.3) is 0 Å². The van der Waals surface area contributed by atoms with Gasteiger partial charge in [-0.15, -0.1) is 0 Å². The smallest absolute Gasteiger partial charge is 0.141 e. The number of methoxy groups -OCH3 is 1. The highest BCUT2D eigenvalue weighted by Gasteiger charge is 2.09. The van der Waals surface area contributed by atoms with Crippen molar-refractivity contribution >= 4 is 28.8 Å². The van der Waals surface area contributed by atoms with Gasteiger partial charge in [0, 0.05) is 11.1 Å². The summed E-state index contributed by atoms with van der Waals surface area (Å²) in [4.78, 5) is 0.264. The zero-order valence-corrected chi connectivity index (χ0v) is 11.8. The maximum absolute atomic E-state index is 5.92. The van der Waals surface area contributed by atoms with E-state index in [2.05, 4.69) is 0 Å². The summed E-state index contributed by atoms with van der Waals surface area (Å²) in [6.45, 7) is 0. The molecule has 2 aromatic carbocycles. The Balaban J connectivity index is 2.39. The third kappa shape index (κ3) is 3.36. The largest absolute Gasteiger partial charge is 0.497 e. The Morgan fingerprint density at radius 1 is 1.16 bits per heavy atom. The molecule has 0 atom stereocenters. The zero-order chi connectivity index (χ0) is 13.8. The number of nitrogens with two attached hydrogens (primary N) is 1. The van der Waals surface area contributed by atoms with E-state index in [1.54, 1.807) is 49.6 Å². The van der Waals surface area contributed by atoms with Gasteiger partial charge in [-0.2, -0.15) is 0 Å². The van der Waals surface area contributed by atoms with Crippen molar-refractivity contribution in [3.8, 4) is 17.2 Å². The zero-order valence-electron chi connectivity index (χ0n) is 10.2. The van der Waals surface area contributed by atoms with Crippen LogP contribution in [-0.4, -0.2) is 12.1 Å². The van der Waals surface area contributed by atoms with Crippen molar-refractivity contribution in [1.82, 2.24) is 0 Å². The lowest BCUT2D eigenvalue weighted by molar-refractivity contribution is 0.409. The fourth-order valence-electron chi connectivity index (χ4n) is 1.58. The first kappa shape index (κ1) is 13.6. The second-order valence-corrected chi connectivity index (χ2v) is 4.66. The van der Waals surface area contributed by atoms with Gasteiger partial charge in [-0.1, -0.05) is 29.9 Å². The molecule has 0 saturated carbocycles. The van der Waals surface area contributed by atoms with Crippen LogP contribution in [0.3, 0.4) is 0 Å². The lowest BCUT2D eigenvalue weighted by atomic mass is 10.2. The molecule has 0 amide bonds. The van der Waals surface area contributed by atoms with Crippen molar-refractivity contribution in [2.75, 3.05) is 7.11 Å². The molecule has 2 aromatic rings. The van der Waals surface area contributed by atoms with Crippen LogP contribution in [0.2, 0.25) is 5.02 Å². The van der Waals surface area contributed by atoms with Gasteiger partial charge in [0.25, 0.3) is 0 Å². The van der Waals surface area contributed by atoms with Crippen LogP contribution >= 0.6 is 23.8 Å². The summed E-state index contributed by atoms with van der Waals surface area (Å²) in [7, 11) is 1.58. The third-order valence-corrected chi connectivity index (χ3v) is 2.93. The molecule has 0 spiro atoms. The second-order valence-electron chi connectivity index (χ2n) is 3.79. The van der Waals surface area contributed by atoms with Crippen molar-refractivity contribution in [2.24, 2.45) is 5.73 Å². The van der Waals surface area contributed by atoms with E-state index in [0.29, 0.717) is 27.8 Å². The van der Waals surface area contributed by atoms with Crippen LogP contribution in [0.5, 0.6) is 17.2 Å². The normalized spacial score (nSPS) is 10.0. The number of hydrogen-bond donors (Lipinski definition) is 1. The minimum absolute atomic E-state index is 0.264. The van der Waals surface area contributed by atoms with Crippen LogP contribution in [-0.2, 0) is 0 Å². The van der Waals surface area contributed by atoms with E-state index in [9.17, 15) is 0 Å². The van der Waals surface area contributed by atoms with Gasteiger partial charge in [-0.05, 0) is 30.3 Å². The molecule has 0 radical (unpaired) electrons. The molecule has 2 N–H and O–H groups in total. The summed E-state index contributed by atoms with van der Waals surface area (Å²) < 4.78 is 10.9. The van der Waals surface area contributed by atoms with E-state index in [4.69, 9.17) is 39.0 Å². The minimum atomic E-state index is 0.264. The maximum atomic E-state index is 5.92. The van der Waals surface area contributed by atoms with Gasteiger partial charge in [-0.3, -0.25) is 0 Å². The molecule has 5 heteroatoms. The Bertz CT molecular complexity index is 616. The number of benzene rings is 2. The number of halogens is 1. The highest BCUT2D eigenvalue weighted by atomic mass is 35.5. The Labute approximate surface area is 121 Å². The number of rotatable bonds is 4. The molecule has 0 aliphatic heterocycles. The standard InChI is InChI=1S/C14H12ClNO2S/c1-17-10-5-6-12(14(16)19)13(8-10)18-11-4-2-3-9(15)7-11/h2-8H,1H3,(H2,16,19). The molecule has 0 fully saturated rings. The molecule has 0 bridgehead atoms. The van der Waals surface area contributed by atoms with Crippen molar-refractivity contribution in [1.29, 1.82) is 0 Å². The first-order valence-electron chi connectivity index (χ1n) is 5.51. The lowest BCUT2D eigenvalue weighted by Gasteiger charge is -2.12. The first-order valence-corrected chi connectivity index (χ1v) is 6.30. The van der Waals surface area contributed by atoms with Crippen molar-refractivity contribution < 1.29 is 9.47 Å². The van der Waals surface area contributed by atoms with Crippen molar-refractivity contribution in [2.45, 2.75) is 0 Å². The average molecular weight is 294 g/mol. The van der Waals surface area contributed by atoms with Gasteiger partial charge >= 0.3 is 0 Å². The summed E-state index contributed by atoms with van der Waals surface area (Å²) in [6.07, 6.45) is 0. The Morgan fingerprint density at radius 2 is 1.95 bits per heavy atom. The van der Waals surface area contributed by atoms with Crippen molar-refractivity contribution in [3.05, 3.63) is 53.1 Å². The third-order valence-electron chi connectivity index (χ3n) is 2.48. The van der Waals surface area contributed by atoms with E-state index < -0.39 is 0 Å². The number of thiocarbonyl (C=S) groups is 1. The maximum Gasteiger partial charge on any atom is 0.141 e. The molecule has 0 aliphatic rings. The van der Waals surface area contributed by atoms with Gasteiger partial charge in [0.05, 0.1) is 12.7 Å². The molecule has 0 unspecified atom stereocenters. The fourth-order valence-corrected chi connectivity index (χ4v) is 1.92. The highest BCUT2D eigenvalue weighted by molar-refractivity contribution is 7.80. The summed E-state index contributed by atoms with van der Waals surface area (Å²) in [5.41, 5.74) is 6.32. The topological polar surface area (TPSA) is 44.5 Å². The average Bonchev–Trinajstić information content (AvgIpc) is 2.38. The number of hydrogen-bond acceptors (Lipinski definition) is 3. The molecule has 2 rings (SSSR count). The molecule has 3 nitrogen and oxygen atoms in total. The molecule has 98 valence electrons. The minimum Gasteiger partial charge on any atom is -0.497 e. The molecule has 0 aromatic heterocycles. The Hall–Kier alpha value is -1.78. The molecular formula is C14H12ClNO2S. The van der Waals surface area contributed by atoms with Gasteiger partial charge in [0.1, 0.15) is 22.2 Å². The SMILES string of the molecule is COc1ccc(C(N)=S)c(Oc2cccc(Cl)c2)c1. The monoisotopic (exact) mass is 293 g/mol. The van der Waals surface area contributed by atoms with E-state index in [-0.39, 0.29) is 4.99 Å². The predicted molar refractivity (Wildman–Crippen MR) is 80.4 cm³/mol. The Kier molecular flexibility index (Phi) is 4.24. The quantitative estimate of drug-likeness (QED) is 0.872. The van der Waals surface area contributed by atoms with Gasteiger partial charge in [0.15, 0.2) is 0 Å².